The number of methoxy groups -OCH3 is 2. The molecule has 2 aromatic carbocycles. The number of amides is 1. The Labute approximate surface area is 198 Å². The highest BCUT2D eigenvalue weighted by atomic mass is 16.5. The molecule has 0 saturated heterocycles. The Balaban J connectivity index is 0.00000578. The number of nitrogens with one attached hydrogen (secondary N) is 1. The molecule has 5 N–H and O–H groups in total. The van der Waals surface area contributed by atoms with Crippen molar-refractivity contribution < 1.29 is 39.5 Å². The molecule has 0 fully saturated rings. The van der Waals surface area contributed by atoms with Crippen LogP contribution in [0.5, 0.6) is 11.5 Å². The maximum atomic E-state index is 13.4. The molecule has 0 saturated carbocycles. The van der Waals surface area contributed by atoms with Gasteiger partial charge < -0.3 is 30.5 Å². The van der Waals surface area contributed by atoms with Gasteiger partial charge in [0.25, 0.3) is 0 Å². The number of benzene rings is 2. The number of hydrogen-bond acceptors (Lipinski definition) is 7. The number of rotatable bonds is 12. The van der Waals surface area contributed by atoms with Gasteiger partial charge in [-0.3, -0.25) is 14.5 Å². The van der Waals surface area contributed by atoms with E-state index in [0.717, 1.165) is 5.56 Å². The number of phenols is 1. The predicted octanol–water partition coefficient (Wildman–Crippen LogP) is 1.54. The largest absolute Gasteiger partial charge is 0.504 e. The van der Waals surface area contributed by atoms with Crippen LogP contribution in [0.4, 0.5) is 5.69 Å². The summed E-state index contributed by atoms with van der Waals surface area (Å²) in [6.45, 7) is 1.89. The molecule has 0 aliphatic rings. The lowest BCUT2D eigenvalue weighted by Gasteiger charge is -2.31. The lowest BCUT2D eigenvalue weighted by atomic mass is 10.1. The van der Waals surface area contributed by atoms with Crippen LogP contribution in [-0.4, -0.2) is 66.4 Å². The second kappa shape index (κ2) is 13.8. The third-order valence-corrected chi connectivity index (χ3v) is 5.15. The monoisotopic (exact) mass is 476 g/mol. The van der Waals surface area contributed by atoms with Crippen LogP contribution < -0.4 is 15.0 Å². The molecule has 0 aliphatic carbocycles. The number of carboxylic acids is 1. The number of ether oxygens (including phenoxy) is 2. The van der Waals surface area contributed by atoms with Crippen molar-refractivity contribution in [2.24, 2.45) is 0 Å². The van der Waals surface area contributed by atoms with Gasteiger partial charge in [0.15, 0.2) is 11.5 Å². The van der Waals surface area contributed by atoms with Gasteiger partial charge in [0.2, 0.25) is 5.91 Å². The van der Waals surface area contributed by atoms with Gasteiger partial charge in [-0.1, -0.05) is 24.3 Å². The van der Waals surface area contributed by atoms with E-state index in [4.69, 9.17) is 9.47 Å². The number of aryl methyl sites for hydroxylation is 1. The Morgan fingerprint density at radius 2 is 1.76 bits per heavy atom. The first-order chi connectivity index (χ1) is 15.8. The molecular weight excluding hydrogens is 444 g/mol. The molecule has 10 heteroatoms. The molecule has 2 aromatic rings. The van der Waals surface area contributed by atoms with Gasteiger partial charge in [0, 0.05) is 5.69 Å². The minimum absolute atomic E-state index is 0. The van der Waals surface area contributed by atoms with Crippen LogP contribution >= 0.6 is 0 Å². The summed E-state index contributed by atoms with van der Waals surface area (Å²) in [5.41, 5.74) is 1.34. The van der Waals surface area contributed by atoms with Crippen molar-refractivity contribution in [1.29, 1.82) is 0 Å². The fraction of sp³-hybridized carbons (Fsp3) is 0.375. The topological polar surface area (TPSA) is 157 Å². The predicted molar refractivity (Wildman–Crippen MR) is 126 cm³/mol. The highest BCUT2D eigenvalue weighted by Gasteiger charge is 2.33. The normalized spacial score (nSPS) is 12.1. The van der Waals surface area contributed by atoms with Gasteiger partial charge in [-0.25, -0.2) is 4.79 Å². The van der Waals surface area contributed by atoms with Gasteiger partial charge in [0.1, 0.15) is 6.04 Å². The SMILES string of the molecule is COC(=O)[C@H](C)N(C(=O)[C@H](CC(=O)O)NCCCc1ccc(OC)c(O)c1)c1ccccc1.O. The molecule has 2 rings (SSSR count). The van der Waals surface area contributed by atoms with Crippen molar-refractivity contribution in [3.63, 3.8) is 0 Å². The molecule has 2 atom stereocenters. The van der Waals surface area contributed by atoms with Gasteiger partial charge in [0.05, 0.1) is 26.7 Å². The summed E-state index contributed by atoms with van der Waals surface area (Å²) in [4.78, 5) is 38.3. The number of esters is 1. The van der Waals surface area contributed by atoms with E-state index in [9.17, 15) is 24.6 Å². The van der Waals surface area contributed by atoms with Crippen molar-refractivity contribution in [3.05, 3.63) is 54.1 Å². The summed E-state index contributed by atoms with van der Waals surface area (Å²) < 4.78 is 9.83. The van der Waals surface area contributed by atoms with E-state index in [1.54, 1.807) is 42.5 Å². The lowest BCUT2D eigenvalue weighted by molar-refractivity contribution is -0.143. The minimum Gasteiger partial charge on any atom is -0.504 e. The number of phenolic OH excluding ortho intramolecular Hbond substituents is 1. The maximum Gasteiger partial charge on any atom is 0.328 e. The van der Waals surface area contributed by atoms with Crippen LogP contribution in [0.15, 0.2) is 48.5 Å². The van der Waals surface area contributed by atoms with Crippen LogP contribution in [0, 0.1) is 0 Å². The summed E-state index contributed by atoms with van der Waals surface area (Å²) >= 11 is 0. The zero-order valence-corrected chi connectivity index (χ0v) is 19.5. The van der Waals surface area contributed by atoms with Crippen molar-refractivity contribution in [1.82, 2.24) is 5.32 Å². The van der Waals surface area contributed by atoms with E-state index >= 15 is 0 Å². The first-order valence-electron chi connectivity index (χ1n) is 10.6. The minimum atomic E-state index is -1.14. The summed E-state index contributed by atoms with van der Waals surface area (Å²) in [6, 6.07) is 11.7. The first kappa shape index (κ1) is 28.4. The second-order valence-corrected chi connectivity index (χ2v) is 7.46. The molecule has 0 aromatic heterocycles. The van der Waals surface area contributed by atoms with Gasteiger partial charge in [-0.05, 0) is 56.1 Å². The van der Waals surface area contributed by atoms with E-state index in [2.05, 4.69) is 5.32 Å². The number of carboxylic acid groups (broad SMARTS) is 1. The highest BCUT2D eigenvalue weighted by molar-refractivity contribution is 6.03. The Kier molecular flexibility index (Phi) is 11.5. The fourth-order valence-electron chi connectivity index (χ4n) is 3.46. The zero-order chi connectivity index (χ0) is 24.4. The third-order valence-electron chi connectivity index (χ3n) is 5.15. The van der Waals surface area contributed by atoms with Gasteiger partial charge in [-0.15, -0.1) is 0 Å². The Morgan fingerprint density at radius 1 is 1.09 bits per heavy atom. The maximum absolute atomic E-state index is 13.4. The van der Waals surface area contributed by atoms with Crippen molar-refractivity contribution in [2.45, 2.75) is 38.3 Å². The Bertz CT molecular complexity index is 951. The lowest BCUT2D eigenvalue weighted by Crippen LogP contribution is -2.53. The van der Waals surface area contributed by atoms with Crippen molar-refractivity contribution >= 4 is 23.5 Å². The molecule has 10 nitrogen and oxygen atoms in total. The van der Waals surface area contributed by atoms with E-state index in [1.165, 1.54) is 26.0 Å². The summed E-state index contributed by atoms with van der Waals surface area (Å²) in [5.74, 6) is -1.87. The average Bonchev–Trinajstić information content (AvgIpc) is 2.81. The molecule has 0 spiro atoms. The van der Waals surface area contributed by atoms with Gasteiger partial charge >= 0.3 is 11.9 Å². The number of aliphatic carboxylic acids is 1. The standard InChI is InChI=1S/C24H30N2O7.H2O/c1-16(24(31)33-3)26(18-9-5-4-6-10-18)23(30)19(15-22(28)29)25-13-7-8-17-11-12-21(32-2)20(27)14-17;/h4-6,9-12,14,16,19,25,27H,7-8,13,15H2,1-3H3,(H,28,29);1H2/t16-,19-;/m0./s1. The van der Waals surface area contributed by atoms with Crippen molar-refractivity contribution in [3.8, 4) is 11.5 Å². The van der Waals surface area contributed by atoms with E-state index in [1.807, 2.05) is 6.07 Å². The first-order valence-corrected chi connectivity index (χ1v) is 10.6. The number of para-hydroxylation sites is 1. The van der Waals surface area contributed by atoms with Crippen LogP contribution in [0.1, 0.15) is 25.3 Å². The summed E-state index contributed by atoms with van der Waals surface area (Å²) in [5, 5.41) is 22.3. The third kappa shape index (κ3) is 7.75. The number of aromatic hydroxyl groups is 1. The molecule has 0 radical (unpaired) electrons. The number of anilines is 1. The summed E-state index contributed by atoms with van der Waals surface area (Å²) in [6.07, 6.45) is 0.742. The molecule has 34 heavy (non-hydrogen) atoms. The van der Waals surface area contributed by atoms with E-state index in [0.29, 0.717) is 30.8 Å². The number of carbonyl (C=O) groups excluding carboxylic acids is 2. The number of carbonyl (C=O) groups is 3. The van der Waals surface area contributed by atoms with Gasteiger partial charge in [-0.2, -0.15) is 0 Å². The van der Waals surface area contributed by atoms with Crippen molar-refractivity contribution in [2.75, 3.05) is 25.7 Å². The van der Waals surface area contributed by atoms with Crippen LogP contribution in [-0.2, 0) is 25.5 Å². The molecule has 0 unspecified atom stereocenters. The van der Waals surface area contributed by atoms with E-state index < -0.39 is 36.4 Å². The zero-order valence-electron chi connectivity index (χ0n) is 19.5. The fourth-order valence-corrected chi connectivity index (χ4v) is 3.46. The molecule has 0 aliphatic heterocycles. The molecule has 186 valence electrons. The number of nitrogens with zero attached hydrogens (tertiary/aromatic N) is 1. The van der Waals surface area contributed by atoms with E-state index in [-0.39, 0.29) is 11.2 Å². The average molecular weight is 477 g/mol. The quantitative estimate of drug-likeness (QED) is 0.307. The Morgan fingerprint density at radius 3 is 2.32 bits per heavy atom. The van der Waals surface area contributed by atoms with Crippen LogP contribution in [0.25, 0.3) is 0 Å². The molecule has 0 heterocycles. The Hall–Kier alpha value is -3.63. The van der Waals surface area contributed by atoms with Crippen LogP contribution in [0.2, 0.25) is 0 Å². The molecule has 0 bridgehead atoms. The smallest absolute Gasteiger partial charge is 0.328 e. The molecule has 1 amide bonds. The highest BCUT2D eigenvalue weighted by Crippen LogP contribution is 2.26. The summed E-state index contributed by atoms with van der Waals surface area (Å²) in [7, 11) is 2.70. The number of hydrogen-bond donors (Lipinski definition) is 3. The molecular formula is C24H32N2O8. The second-order valence-electron chi connectivity index (χ2n) is 7.46. The van der Waals surface area contributed by atoms with Crippen LogP contribution in [0.3, 0.4) is 0 Å².